The van der Waals surface area contributed by atoms with E-state index in [1.54, 1.807) is 0 Å². The van der Waals surface area contributed by atoms with Crippen LogP contribution in [-0.4, -0.2) is 15.0 Å². The van der Waals surface area contributed by atoms with E-state index in [1.165, 1.54) is 65.7 Å². The fourth-order valence-electron chi connectivity index (χ4n) is 9.94. The molecule has 296 valence electrons. The number of benzene rings is 10. The number of fused-ring (bicyclic) bond motifs is 7. The van der Waals surface area contributed by atoms with Gasteiger partial charge in [-0.25, -0.2) is 15.0 Å². The molecule has 0 amide bonds. The Kier molecular flexibility index (Phi) is 8.52. The van der Waals surface area contributed by atoms with Gasteiger partial charge in [-0.2, -0.15) is 0 Å². The molecule has 0 aliphatic heterocycles. The smallest absolute Gasteiger partial charge is 0.164 e. The lowest BCUT2D eigenvalue weighted by Gasteiger charge is -2.21. The summed E-state index contributed by atoms with van der Waals surface area (Å²) >= 11 is 0. The summed E-state index contributed by atoms with van der Waals surface area (Å²) in [5.74, 6) is 1.89. The maximum absolute atomic E-state index is 5.20. The lowest BCUT2D eigenvalue weighted by atomic mass is 9.82. The molecule has 10 aromatic carbocycles. The summed E-state index contributed by atoms with van der Waals surface area (Å²) in [6.45, 7) is 4.66. The maximum atomic E-state index is 5.20. The molecule has 0 fully saturated rings. The minimum atomic E-state index is -0.0624. The second-order valence-electron chi connectivity index (χ2n) is 17.2. The van der Waals surface area contributed by atoms with E-state index in [-0.39, 0.29) is 5.41 Å². The zero-order valence-corrected chi connectivity index (χ0v) is 35.0. The van der Waals surface area contributed by atoms with Gasteiger partial charge in [-0.3, -0.25) is 0 Å². The van der Waals surface area contributed by atoms with Crippen molar-refractivity contribution in [3.8, 4) is 78.7 Å². The molecule has 0 N–H and O–H groups in total. The van der Waals surface area contributed by atoms with E-state index in [4.69, 9.17) is 15.0 Å². The topological polar surface area (TPSA) is 38.7 Å². The summed E-state index contributed by atoms with van der Waals surface area (Å²) in [6.07, 6.45) is 0. The third-order valence-corrected chi connectivity index (χ3v) is 13.1. The summed E-state index contributed by atoms with van der Waals surface area (Å²) in [5, 5.41) is 7.45. The minimum absolute atomic E-state index is 0.0624. The Labute approximate surface area is 367 Å². The Bertz CT molecular complexity index is 3570. The van der Waals surface area contributed by atoms with Crippen LogP contribution in [0.4, 0.5) is 0 Å². The largest absolute Gasteiger partial charge is 0.208 e. The van der Waals surface area contributed by atoms with Gasteiger partial charge >= 0.3 is 0 Å². The van der Waals surface area contributed by atoms with Crippen molar-refractivity contribution in [2.75, 3.05) is 0 Å². The molecule has 3 heteroatoms. The van der Waals surface area contributed by atoms with E-state index in [1.807, 2.05) is 6.07 Å². The van der Waals surface area contributed by atoms with Gasteiger partial charge in [0.15, 0.2) is 17.5 Å². The first-order valence-corrected chi connectivity index (χ1v) is 21.7. The Morgan fingerprint density at radius 1 is 0.286 bits per heavy atom. The van der Waals surface area contributed by atoms with Gasteiger partial charge in [-0.05, 0) is 100 Å². The lowest BCUT2D eigenvalue weighted by Crippen LogP contribution is -2.14. The van der Waals surface area contributed by atoms with E-state index in [2.05, 4.69) is 220 Å². The van der Waals surface area contributed by atoms with Crippen molar-refractivity contribution in [2.45, 2.75) is 19.3 Å². The molecule has 3 nitrogen and oxygen atoms in total. The number of rotatable bonds is 6. The van der Waals surface area contributed by atoms with Crippen molar-refractivity contribution < 1.29 is 0 Å². The van der Waals surface area contributed by atoms with E-state index in [9.17, 15) is 0 Å². The summed E-state index contributed by atoms with van der Waals surface area (Å²) in [6, 6.07) is 76.2. The number of hydrogen-bond acceptors (Lipinski definition) is 3. The van der Waals surface area contributed by atoms with Crippen LogP contribution in [0, 0.1) is 0 Å². The highest BCUT2D eigenvalue weighted by atomic mass is 15.0. The van der Waals surface area contributed by atoms with Crippen LogP contribution in [0.25, 0.3) is 111 Å². The first-order chi connectivity index (χ1) is 31.0. The predicted octanol–water partition coefficient (Wildman–Crippen LogP) is 15.6. The van der Waals surface area contributed by atoms with Gasteiger partial charge in [0, 0.05) is 22.1 Å². The van der Waals surface area contributed by atoms with Crippen LogP contribution in [0.15, 0.2) is 212 Å². The van der Waals surface area contributed by atoms with Crippen LogP contribution in [0.2, 0.25) is 0 Å². The normalized spacial score (nSPS) is 12.7. The minimum Gasteiger partial charge on any atom is -0.208 e. The van der Waals surface area contributed by atoms with E-state index >= 15 is 0 Å². The van der Waals surface area contributed by atoms with E-state index < -0.39 is 0 Å². The van der Waals surface area contributed by atoms with Crippen molar-refractivity contribution >= 4 is 32.3 Å². The summed E-state index contributed by atoms with van der Waals surface area (Å²) in [4.78, 5) is 15.6. The molecule has 11 aromatic rings. The van der Waals surface area contributed by atoms with Gasteiger partial charge in [0.05, 0.1) is 0 Å². The standard InChI is InChI=1S/C60H41N3/c1-60(2)53-24-11-10-22-51(53)56-48(23-13-25-54(56)60)40-26-30-42(31-27-40)57-61-58(63-59(62-57)46-19-12-18-44(36-46)38-14-4-3-5-15-38)43-32-28-41(29-33-43)55-49-21-9-7-17-45(49)37-52-47-20-8-6-16-39(47)34-35-50(52)55/h3-37H,1-2H3. The third-order valence-electron chi connectivity index (χ3n) is 13.1. The Hall–Kier alpha value is -8.01. The summed E-state index contributed by atoms with van der Waals surface area (Å²) in [7, 11) is 0. The van der Waals surface area contributed by atoms with Crippen molar-refractivity contribution in [1.29, 1.82) is 0 Å². The molecule has 0 bridgehead atoms. The van der Waals surface area contributed by atoms with Crippen LogP contribution < -0.4 is 0 Å². The summed E-state index contributed by atoms with van der Waals surface area (Å²) < 4.78 is 0. The molecule has 0 unspecified atom stereocenters. The van der Waals surface area contributed by atoms with Gasteiger partial charge in [-0.15, -0.1) is 0 Å². The first kappa shape index (κ1) is 36.8. The number of hydrogen-bond donors (Lipinski definition) is 0. The second-order valence-corrected chi connectivity index (χ2v) is 17.2. The van der Waals surface area contributed by atoms with Gasteiger partial charge in [0.1, 0.15) is 0 Å². The fourth-order valence-corrected chi connectivity index (χ4v) is 9.94. The lowest BCUT2D eigenvalue weighted by molar-refractivity contribution is 0.660. The zero-order chi connectivity index (χ0) is 42.1. The monoisotopic (exact) mass is 803 g/mol. The zero-order valence-electron chi connectivity index (χ0n) is 35.0. The average molecular weight is 804 g/mol. The molecule has 63 heavy (non-hydrogen) atoms. The Morgan fingerprint density at radius 2 is 0.825 bits per heavy atom. The van der Waals surface area contributed by atoms with E-state index in [0.29, 0.717) is 17.5 Å². The Balaban J connectivity index is 0.978. The van der Waals surface area contributed by atoms with Crippen LogP contribution in [0.3, 0.4) is 0 Å². The highest BCUT2D eigenvalue weighted by molar-refractivity contribution is 6.20. The first-order valence-electron chi connectivity index (χ1n) is 21.7. The molecule has 0 atom stereocenters. The van der Waals surface area contributed by atoms with Crippen molar-refractivity contribution in [3.63, 3.8) is 0 Å². The summed E-state index contributed by atoms with van der Waals surface area (Å²) in [5.41, 5.74) is 15.1. The molecule has 0 saturated heterocycles. The third kappa shape index (κ3) is 6.15. The SMILES string of the molecule is CC1(C)c2ccccc2-c2c(-c3ccc(-c4nc(-c5ccc(-c6c7ccccc7cc7c6ccc6ccccc67)cc5)nc(-c5cccc(-c6ccccc6)c5)n4)cc3)cccc21. The molecular formula is C60H41N3. The second kappa shape index (κ2) is 14.6. The average Bonchev–Trinajstić information content (AvgIpc) is 3.59. The quantitative estimate of drug-likeness (QED) is 0.124. The molecule has 0 saturated carbocycles. The van der Waals surface area contributed by atoms with Gasteiger partial charge < -0.3 is 0 Å². The Morgan fingerprint density at radius 3 is 1.59 bits per heavy atom. The van der Waals surface area contributed by atoms with Crippen LogP contribution >= 0.6 is 0 Å². The van der Waals surface area contributed by atoms with Crippen molar-refractivity contribution in [3.05, 3.63) is 223 Å². The molecule has 0 spiro atoms. The molecule has 1 heterocycles. The molecule has 1 aromatic heterocycles. The van der Waals surface area contributed by atoms with Gasteiger partial charge in [0.2, 0.25) is 0 Å². The van der Waals surface area contributed by atoms with Gasteiger partial charge in [-0.1, -0.05) is 214 Å². The molecule has 1 aliphatic rings. The molecule has 0 radical (unpaired) electrons. The van der Waals surface area contributed by atoms with Crippen LogP contribution in [0.5, 0.6) is 0 Å². The molecule has 1 aliphatic carbocycles. The fraction of sp³-hybridized carbons (Fsp3) is 0.0500. The van der Waals surface area contributed by atoms with Crippen molar-refractivity contribution in [2.24, 2.45) is 0 Å². The molecule has 12 rings (SSSR count). The van der Waals surface area contributed by atoms with E-state index in [0.717, 1.165) is 38.9 Å². The highest BCUT2D eigenvalue weighted by Crippen LogP contribution is 2.52. The van der Waals surface area contributed by atoms with Gasteiger partial charge in [0.25, 0.3) is 0 Å². The van der Waals surface area contributed by atoms with Crippen molar-refractivity contribution in [1.82, 2.24) is 15.0 Å². The maximum Gasteiger partial charge on any atom is 0.164 e. The number of aromatic nitrogens is 3. The van der Waals surface area contributed by atoms with Crippen LogP contribution in [0.1, 0.15) is 25.0 Å². The highest BCUT2D eigenvalue weighted by Gasteiger charge is 2.36. The van der Waals surface area contributed by atoms with Crippen LogP contribution in [-0.2, 0) is 5.41 Å². The molecular weight excluding hydrogens is 763 g/mol. The number of nitrogens with zero attached hydrogens (tertiary/aromatic N) is 3. The predicted molar refractivity (Wildman–Crippen MR) is 263 cm³/mol.